The normalized spacial score (nSPS) is 10.9. The van der Waals surface area contributed by atoms with Gasteiger partial charge in [0.1, 0.15) is 0 Å². The van der Waals surface area contributed by atoms with Crippen molar-refractivity contribution in [3.63, 3.8) is 0 Å². The van der Waals surface area contributed by atoms with Crippen molar-refractivity contribution in [2.24, 2.45) is 0 Å². The monoisotopic (exact) mass is 228 g/mol. The number of rotatable bonds is 5. The molecule has 0 fully saturated rings. The molecule has 0 saturated heterocycles. The van der Waals surface area contributed by atoms with E-state index in [0.29, 0.717) is 6.42 Å². The highest BCUT2D eigenvalue weighted by atomic mass is 31.1. The maximum absolute atomic E-state index is 10.3. The fourth-order valence-corrected chi connectivity index (χ4v) is 1.35. The molecule has 1 rings (SSSR count). The van der Waals surface area contributed by atoms with E-state index in [1.165, 1.54) is 12.1 Å². The van der Waals surface area contributed by atoms with Crippen molar-refractivity contribution in [2.75, 3.05) is 0 Å². The molecule has 1 aromatic carbocycles. The van der Waals surface area contributed by atoms with Gasteiger partial charge in [-0.15, -0.1) is 0 Å². The van der Waals surface area contributed by atoms with Crippen LogP contribution in [0.15, 0.2) is 24.3 Å². The smallest absolute Gasteiger partial charge is 0.539 e. The van der Waals surface area contributed by atoms with Gasteiger partial charge in [0, 0.05) is 6.42 Å². The van der Waals surface area contributed by atoms with Gasteiger partial charge in [-0.3, -0.25) is 9.32 Å². The number of hydrogen-bond donors (Lipinski definition) is 1. The summed E-state index contributed by atoms with van der Waals surface area (Å²) >= 11 is 0. The number of carboxylic acid groups (broad SMARTS) is 1. The predicted octanol–water partition coefficient (Wildman–Crippen LogP) is 1.10. The predicted molar refractivity (Wildman–Crippen MR) is 50.6 cm³/mol. The summed E-state index contributed by atoms with van der Waals surface area (Å²) in [5, 5.41) is 8.44. The maximum Gasteiger partial charge on any atom is 0.539 e. The second kappa shape index (κ2) is 5.44. The molecule has 0 spiro atoms. The number of aliphatic carboxylic acids is 1. The third-order valence-corrected chi connectivity index (χ3v) is 2.09. The molecular formula is C9H9O5P. The van der Waals surface area contributed by atoms with Crippen molar-refractivity contribution in [1.82, 2.24) is 0 Å². The van der Waals surface area contributed by atoms with Crippen LogP contribution in [0.4, 0.5) is 0 Å². The highest BCUT2D eigenvalue weighted by Gasteiger charge is 2.05. The molecule has 0 saturated carbocycles. The van der Waals surface area contributed by atoms with Crippen molar-refractivity contribution in [2.45, 2.75) is 12.8 Å². The largest absolute Gasteiger partial charge is 0.558 e. The molecule has 0 heterocycles. The first kappa shape index (κ1) is 11.6. The molecule has 0 aliphatic carbocycles. The lowest BCUT2D eigenvalue weighted by Gasteiger charge is -1.99. The van der Waals surface area contributed by atoms with Crippen LogP contribution >= 0.6 is 8.25 Å². The molecule has 5 nitrogen and oxygen atoms in total. The van der Waals surface area contributed by atoms with Crippen molar-refractivity contribution < 1.29 is 23.9 Å². The molecule has 6 heteroatoms. The summed E-state index contributed by atoms with van der Waals surface area (Å²) in [4.78, 5) is 20.5. The van der Waals surface area contributed by atoms with Crippen molar-refractivity contribution >= 4 is 14.2 Å². The van der Waals surface area contributed by atoms with E-state index in [2.05, 4.69) is 4.52 Å². The van der Waals surface area contributed by atoms with E-state index in [4.69, 9.17) is 5.11 Å². The molecule has 1 atom stereocenters. The Morgan fingerprint density at radius 1 is 1.40 bits per heavy atom. The molecule has 0 aliphatic rings. The third kappa shape index (κ3) is 4.54. The average molecular weight is 228 g/mol. The Kier molecular flexibility index (Phi) is 4.21. The van der Waals surface area contributed by atoms with Gasteiger partial charge in [0.05, 0.1) is 0 Å². The molecule has 0 bridgehead atoms. The number of carbonyl (C=O) groups is 1. The van der Waals surface area contributed by atoms with Crippen LogP contribution in [-0.4, -0.2) is 11.1 Å². The van der Waals surface area contributed by atoms with Gasteiger partial charge < -0.3 is 10.00 Å². The highest BCUT2D eigenvalue weighted by Crippen LogP contribution is 2.20. The fourth-order valence-electron chi connectivity index (χ4n) is 1.05. The number of benzene rings is 1. The van der Waals surface area contributed by atoms with Gasteiger partial charge in [-0.1, -0.05) is 12.1 Å². The Balaban J connectivity index is 2.56. The van der Waals surface area contributed by atoms with E-state index in [1.807, 2.05) is 0 Å². The van der Waals surface area contributed by atoms with E-state index in [0.717, 1.165) is 5.56 Å². The van der Waals surface area contributed by atoms with Crippen molar-refractivity contribution in [3.05, 3.63) is 29.8 Å². The SMILES string of the molecule is O=C(O)CCc1ccc(O[P+](=O)[O-])cc1. The first-order valence-corrected chi connectivity index (χ1v) is 5.30. The molecule has 0 radical (unpaired) electrons. The van der Waals surface area contributed by atoms with Crippen LogP contribution in [0.5, 0.6) is 5.75 Å². The van der Waals surface area contributed by atoms with Crippen molar-refractivity contribution in [3.8, 4) is 5.75 Å². The molecule has 1 unspecified atom stereocenters. The Bertz CT molecular complexity index is 359. The zero-order valence-electron chi connectivity index (χ0n) is 7.75. The lowest BCUT2D eigenvalue weighted by Crippen LogP contribution is -1.97. The summed E-state index contributed by atoms with van der Waals surface area (Å²) in [5.41, 5.74) is 0.825. The van der Waals surface area contributed by atoms with Gasteiger partial charge in [0.25, 0.3) is 0 Å². The Morgan fingerprint density at radius 2 is 2.00 bits per heavy atom. The zero-order chi connectivity index (χ0) is 11.3. The van der Waals surface area contributed by atoms with E-state index >= 15 is 0 Å². The quantitative estimate of drug-likeness (QED) is 0.762. The molecular weight excluding hydrogens is 219 g/mol. The second-order valence-corrected chi connectivity index (χ2v) is 3.48. The summed E-state index contributed by atoms with van der Waals surface area (Å²) in [6.45, 7) is 0. The minimum atomic E-state index is -2.90. The van der Waals surface area contributed by atoms with Crippen LogP contribution < -0.4 is 9.42 Å². The topological polar surface area (TPSA) is 86.7 Å². The second-order valence-electron chi connectivity index (χ2n) is 2.85. The minimum Gasteiger partial charge on any atom is -0.558 e. The highest BCUT2D eigenvalue weighted by molar-refractivity contribution is 7.31. The Morgan fingerprint density at radius 3 is 2.47 bits per heavy atom. The van der Waals surface area contributed by atoms with Crippen LogP contribution in [0.2, 0.25) is 0 Å². The molecule has 0 aliphatic heterocycles. The summed E-state index contributed by atoms with van der Waals surface area (Å²) < 4.78 is 14.6. The first-order valence-electron chi connectivity index (χ1n) is 4.21. The summed E-state index contributed by atoms with van der Waals surface area (Å²) in [5.74, 6) is -0.636. The molecule has 0 amide bonds. The zero-order valence-corrected chi connectivity index (χ0v) is 8.65. The van der Waals surface area contributed by atoms with Gasteiger partial charge in [0.15, 0.2) is 5.75 Å². The lowest BCUT2D eigenvalue weighted by atomic mass is 10.1. The van der Waals surface area contributed by atoms with Crippen LogP contribution in [0.3, 0.4) is 0 Å². The van der Waals surface area contributed by atoms with Gasteiger partial charge >= 0.3 is 14.2 Å². The van der Waals surface area contributed by atoms with E-state index in [9.17, 15) is 14.3 Å². The first-order chi connectivity index (χ1) is 7.08. The number of hydrogen-bond acceptors (Lipinski definition) is 4. The van der Waals surface area contributed by atoms with Crippen LogP contribution in [0.1, 0.15) is 12.0 Å². The summed E-state index contributed by atoms with van der Waals surface area (Å²) in [6.07, 6.45) is 0.467. The molecule has 0 aromatic heterocycles. The Labute approximate surface area is 87.3 Å². The molecule has 15 heavy (non-hydrogen) atoms. The van der Waals surface area contributed by atoms with Crippen molar-refractivity contribution in [1.29, 1.82) is 0 Å². The number of aryl methyl sites for hydroxylation is 1. The summed E-state index contributed by atoms with van der Waals surface area (Å²) in [7, 11) is -2.90. The summed E-state index contributed by atoms with van der Waals surface area (Å²) in [6, 6.07) is 6.25. The maximum atomic E-state index is 10.3. The van der Waals surface area contributed by atoms with Gasteiger partial charge in [-0.2, -0.15) is 0 Å². The van der Waals surface area contributed by atoms with Gasteiger partial charge in [0.2, 0.25) is 0 Å². The van der Waals surface area contributed by atoms with Crippen LogP contribution in [0.25, 0.3) is 0 Å². The van der Waals surface area contributed by atoms with E-state index in [-0.39, 0.29) is 12.2 Å². The third-order valence-electron chi connectivity index (χ3n) is 1.73. The fraction of sp³-hybridized carbons (Fsp3) is 0.222. The molecule has 80 valence electrons. The van der Waals surface area contributed by atoms with Crippen LogP contribution in [-0.2, 0) is 15.8 Å². The van der Waals surface area contributed by atoms with Gasteiger partial charge in [-0.25, -0.2) is 0 Å². The lowest BCUT2D eigenvalue weighted by molar-refractivity contribution is -0.178. The van der Waals surface area contributed by atoms with E-state index < -0.39 is 14.2 Å². The number of carboxylic acids is 1. The average Bonchev–Trinajstić information content (AvgIpc) is 2.16. The standard InChI is InChI=1S/C9H9O5P/c10-9(11)6-3-7-1-4-8(5-2-7)14-15(12)13/h1-2,4-5H,3,6H2,(H,10,11). The molecule has 1 aromatic rings. The van der Waals surface area contributed by atoms with Crippen LogP contribution in [0, 0.1) is 0 Å². The molecule has 1 N–H and O–H groups in total. The van der Waals surface area contributed by atoms with E-state index in [1.54, 1.807) is 12.1 Å². The Hall–Kier alpha value is -1.45. The van der Waals surface area contributed by atoms with Gasteiger partial charge in [-0.05, 0) is 28.7 Å². The minimum absolute atomic E-state index is 0.0516.